The van der Waals surface area contributed by atoms with Crippen LogP contribution in [0.2, 0.25) is 0 Å². The molecular formula is C13H18FN. The van der Waals surface area contributed by atoms with E-state index in [-0.39, 0.29) is 5.83 Å². The maximum Gasteiger partial charge on any atom is 0.127 e. The van der Waals surface area contributed by atoms with Crippen LogP contribution in [0.5, 0.6) is 0 Å². The Bertz CT molecular complexity index is 310. The summed E-state index contributed by atoms with van der Waals surface area (Å²) in [4.78, 5) is 1.87. The third-order valence-corrected chi connectivity index (χ3v) is 1.90. The Hall–Kier alpha value is -1.57. The summed E-state index contributed by atoms with van der Waals surface area (Å²) in [6.07, 6.45) is 6.34. The Morgan fingerprint density at radius 3 is 2.20 bits per heavy atom. The second-order valence-corrected chi connectivity index (χ2v) is 3.27. The van der Waals surface area contributed by atoms with E-state index < -0.39 is 0 Å². The number of allylic oxidation sites excluding steroid dienone is 4. The van der Waals surface area contributed by atoms with E-state index in [4.69, 9.17) is 0 Å². The number of hydrogen-bond donors (Lipinski definition) is 0. The molecule has 0 aliphatic heterocycles. The zero-order valence-electron chi connectivity index (χ0n) is 9.46. The maximum atomic E-state index is 13.2. The van der Waals surface area contributed by atoms with Crippen molar-refractivity contribution in [1.29, 1.82) is 0 Å². The molecule has 1 nitrogen and oxygen atoms in total. The molecule has 0 aromatic heterocycles. The van der Waals surface area contributed by atoms with Crippen LogP contribution in [0.1, 0.15) is 6.92 Å². The van der Waals surface area contributed by atoms with E-state index in [9.17, 15) is 4.39 Å². The van der Waals surface area contributed by atoms with E-state index in [0.717, 1.165) is 5.57 Å². The molecule has 0 aliphatic carbocycles. The van der Waals surface area contributed by atoms with Crippen LogP contribution >= 0.6 is 0 Å². The minimum absolute atomic E-state index is 0.332. The molecule has 0 amide bonds. The first-order valence-corrected chi connectivity index (χ1v) is 4.69. The average molecular weight is 207 g/mol. The Morgan fingerprint density at radius 2 is 1.80 bits per heavy atom. The largest absolute Gasteiger partial charge is 0.376 e. The van der Waals surface area contributed by atoms with Gasteiger partial charge in [-0.3, -0.25) is 0 Å². The van der Waals surface area contributed by atoms with E-state index >= 15 is 0 Å². The minimum Gasteiger partial charge on any atom is -0.376 e. The highest BCUT2D eigenvalue weighted by Crippen LogP contribution is 2.10. The summed E-state index contributed by atoms with van der Waals surface area (Å²) in [6, 6.07) is 0. The monoisotopic (exact) mass is 207 g/mol. The zero-order chi connectivity index (χ0) is 11.8. The molecule has 0 spiro atoms. The van der Waals surface area contributed by atoms with E-state index in [0.29, 0.717) is 12.1 Å². The maximum absolute atomic E-state index is 13.2. The quantitative estimate of drug-likeness (QED) is 0.601. The van der Waals surface area contributed by atoms with Crippen molar-refractivity contribution in [3.63, 3.8) is 0 Å². The fourth-order valence-corrected chi connectivity index (χ4v) is 1.08. The molecule has 0 rings (SSSR count). The van der Waals surface area contributed by atoms with Gasteiger partial charge >= 0.3 is 0 Å². The molecule has 0 heterocycles. The highest BCUT2D eigenvalue weighted by Gasteiger charge is 2.01. The van der Waals surface area contributed by atoms with Crippen LogP contribution in [-0.4, -0.2) is 18.5 Å². The molecule has 0 fully saturated rings. The van der Waals surface area contributed by atoms with Crippen molar-refractivity contribution >= 4 is 0 Å². The van der Waals surface area contributed by atoms with Gasteiger partial charge in [0.2, 0.25) is 0 Å². The van der Waals surface area contributed by atoms with Crippen LogP contribution in [0.25, 0.3) is 0 Å². The number of likely N-dealkylation sites (N-methyl/N-ethyl adjacent to an activating group) is 1. The molecule has 0 saturated carbocycles. The van der Waals surface area contributed by atoms with Crippen molar-refractivity contribution in [3.8, 4) is 0 Å². The molecule has 0 aromatic carbocycles. The van der Waals surface area contributed by atoms with Crippen LogP contribution < -0.4 is 0 Å². The fourth-order valence-electron chi connectivity index (χ4n) is 1.08. The van der Waals surface area contributed by atoms with Crippen LogP contribution in [0, 0.1) is 0 Å². The number of hydrogen-bond acceptors (Lipinski definition) is 1. The zero-order valence-corrected chi connectivity index (χ0v) is 9.46. The average Bonchev–Trinajstić information content (AvgIpc) is 2.24. The molecule has 0 aromatic rings. The number of nitrogens with zero attached hydrogens (tertiary/aromatic N) is 1. The van der Waals surface area contributed by atoms with Crippen LogP contribution in [-0.2, 0) is 0 Å². The SMILES string of the molecule is C=C/C(C)=C\N(C)C/C(C=C)=C(\F)C=C. The lowest BCUT2D eigenvalue weighted by atomic mass is 10.2. The van der Waals surface area contributed by atoms with Crippen molar-refractivity contribution in [2.75, 3.05) is 13.6 Å². The van der Waals surface area contributed by atoms with Crippen molar-refractivity contribution in [2.24, 2.45) is 0 Å². The molecule has 0 radical (unpaired) electrons. The second-order valence-electron chi connectivity index (χ2n) is 3.27. The van der Waals surface area contributed by atoms with E-state index in [2.05, 4.69) is 19.7 Å². The molecule has 2 heteroatoms. The summed E-state index contributed by atoms with van der Waals surface area (Å²) in [5.74, 6) is -0.332. The fraction of sp³-hybridized carbons (Fsp3) is 0.231. The van der Waals surface area contributed by atoms with Crippen molar-refractivity contribution in [3.05, 3.63) is 61.1 Å². The normalized spacial score (nSPS) is 12.9. The molecule has 0 saturated heterocycles. The lowest BCUT2D eigenvalue weighted by Crippen LogP contribution is -2.14. The number of rotatable bonds is 6. The van der Waals surface area contributed by atoms with Crippen molar-refractivity contribution < 1.29 is 4.39 Å². The Balaban J connectivity index is 4.65. The van der Waals surface area contributed by atoms with Gasteiger partial charge < -0.3 is 4.90 Å². The molecule has 0 bridgehead atoms. The third-order valence-electron chi connectivity index (χ3n) is 1.90. The van der Waals surface area contributed by atoms with Gasteiger partial charge in [0, 0.05) is 25.4 Å². The van der Waals surface area contributed by atoms with E-state index in [1.807, 2.05) is 25.1 Å². The van der Waals surface area contributed by atoms with Gasteiger partial charge in [0.05, 0.1) is 0 Å². The highest BCUT2D eigenvalue weighted by molar-refractivity contribution is 5.28. The van der Waals surface area contributed by atoms with E-state index in [1.165, 1.54) is 12.2 Å². The molecule has 0 N–H and O–H groups in total. The number of halogens is 1. The van der Waals surface area contributed by atoms with Gasteiger partial charge in [-0.2, -0.15) is 0 Å². The van der Waals surface area contributed by atoms with Gasteiger partial charge in [-0.05, 0) is 18.6 Å². The van der Waals surface area contributed by atoms with Gasteiger partial charge in [0.25, 0.3) is 0 Å². The predicted octanol–water partition coefficient (Wildman–Crippen LogP) is 3.60. The van der Waals surface area contributed by atoms with E-state index in [1.54, 1.807) is 6.08 Å². The molecule has 0 atom stereocenters. The van der Waals surface area contributed by atoms with Gasteiger partial charge in [-0.1, -0.05) is 31.9 Å². The van der Waals surface area contributed by atoms with Crippen LogP contribution in [0.3, 0.4) is 0 Å². The summed E-state index contributed by atoms with van der Waals surface area (Å²) in [5, 5.41) is 0. The first-order valence-electron chi connectivity index (χ1n) is 4.69. The minimum atomic E-state index is -0.332. The Morgan fingerprint density at radius 1 is 1.20 bits per heavy atom. The predicted molar refractivity (Wildman–Crippen MR) is 65.1 cm³/mol. The smallest absolute Gasteiger partial charge is 0.127 e. The molecular weight excluding hydrogens is 189 g/mol. The standard InChI is InChI=1S/C13H18FN/c1-6-11(4)9-15(5)10-12(7-2)13(14)8-3/h6-9H,1-3,10H2,4-5H3/b11-9-,13-12-. The summed E-state index contributed by atoms with van der Waals surface area (Å²) in [5.41, 5.74) is 1.56. The lowest BCUT2D eigenvalue weighted by molar-refractivity contribution is 0.489. The topological polar surface area (TPSA) is 3.24 Å². The van der Waals surface area contributed by atoms with Gasteiger partial charge in [-0.25, -0.2) is 4.39 Å². The van der Waals surface area contributed by atoms with Crippen LogP contribution in [0.4, 0.5) is 4.39 Å². The molecule has 82 valence electrons. The molecule has 0 unspecified atom stereocenters. The molecule has 15 heavy (non-hydrogen) atoms. The van der Waals surface area contributed by atoms with Gasteiger partial charge in [0.15, 0.2) is 0 Å². The lowest BCUT2D eigenvalue weighted by Gasteiger charge is -2.15. The summed E-state index contributed by atoms with van der Waals surface area (Å²) in [7, 11) is 1.87. The highest BCUT2D eigenvalue weighted by atomic mass is 19.1. The van der Waals surface area contributed by atoms with Crippen molar-refractivity contribution in [2.45, 2.75) is 6.92 Å². The Kier molecular flexibility index (Phi) is 6.11. The Labute approximate surface area is 91.6 Å². The first-order chi connectivity index (χ1) is 7.04. The summed E-state index contributed by atoms with van der Waals surface area (Å²) in [6.45, 7) is 13.0. The molecule has 0 aliphatic rings. The summed E-state index contributed by atoms with van der Waals surface area (Å²) < 4.78 is 13.2. The summed E-state index contributed by atoms with van der Waals surface area (Å²) >= 11 is 0. The third kappa shape index (κ3) is 5.01. The van der Waals surface area contributed by atoms with Gasteiger partial charge in [-0.15, -0.1) is 0 Å². The first kappa shape index (κ1) is 13.4. The second kappa shape index (κ2) is 6.82. The van der Waals surface area contributed by atoms with Crippen LogP contribution in [0.15, 0.2) is 61.1 Å². The van der Waals surface area contributed by atoms with Crippen molar-refractivity contribution in [1.82, 2.24) is 4.90 Å². The van der Waals surface area contributed by atoms with Gasteiger partial charge in [0.1, 0.15) is 5.83 Å².